The van der Waals surface area contributed by atoms with Crippen LogP contribution in [-0.4, -0.2) is 30.3 Å². The minimum absolute atomic E-state index is 0.149. The maximum absolute atomic E-state index is 12.9. The molecule has 0 fully saturated rings. The second-order valence-electron chi connectivity index (χ2n) is 4.24. The molecule has 0 amide bonds. The lowest BCUT2D eigenvalue weighted by atomic mass is 10.3. The monoisotopic (exact) mass is 292 g/mol. The first-order chi connectivity index (χ1) is 10.2. The van der Waals surface area contributed by atoms with Gasteiger partial charge in [-0.15, -0.1) is 0 Å². The number of nitrogen functional groups attached to an aromatic ring is 1. The van der Waals surface area contributed by atoms with Crippen molar-refractivity contribution in [2.45, 2.75) is 6.54 Å². The Bertz CT molecular complexity index is 578. The number of nitrogens with zero attached hydrogens (tertiary/aromatic N) is 2. The molecule has 21 heavy (non-hydrogen) atoms. The van der Waals surface area contributed by atoms with Gasteiger partial charge in [-0.25, -0.2) is 14.4 Å². The zero-order valence-electron chi connectivity index (χ0n) is 11.7. The number of anilines is 2. The van der Waals surface area contributed by atoms with Crippen LogP contribution in [0.15, 0.2) is 30.5 Å². The van der Waals surface area contributed by atoms with Crippen LogP contribution in [0.25, 0.3) is 0 Å². The molecule has 6 nitrogen and oxygen atoms in total. The zero-order valence-corrected chi connectivity index (χ0v) is 11.7. The molecule has 7 heteroatoms. The molecule has 1 aromatic carbocycles. The average Bonchev–Trinajstić information content (AvgIpc) is 2.50. The van der Waals surface area contributed by atoms with Gasteiger partial charge in [-0.1, -0.05) is 0 Å². The van der Waals surface area contributed by atoms with Crippen LogP contribution >= 0.6 is 0 Å². The summed E-state index contributed by atoms with van der Waals surface area (Å²) in [7, 11) is 1.63. The maximum atomic E-state index is 12.9. The quantitative estimate of drug-likeness (QED) is 0.758. The highest BCUT2D eigenvalue weighted by atomic mass is 19.1. The standard InChI is InChI=1S/C14H17FN4O2/c1-20-6-7-21-11-4-2-10(3-5-11)17-9-13-18-8-12(15)14(16)19-13/h2-5,8,17H,6-7,9H2,1H3,(H2,16,18,19). The van der Waals surface area contributed by atoms with Gasteiger partial charge in [0, 0.05) is 12.8 Å². The Labute approximate surface area is 122 Å². The molecule has 0 saturated heterocycles. The van der Waals surface area contributed by atoms with Crippen molar-refractivity contribution in [3.63, 3.8) is 0 Å². The molecule has 112 valence electrons. The number of aromatic nitrogens is 2. The second-order valence-corrected chi connectivity index (χ2v) is 4.24. The third kappa shape index (κ3) is 4.57. The minimum atomic E-state index is -0.615. The number of nitrogens with two attached hydrogens (primary N) is 1. The van der Waals surface area contributed by atoms with Crippen LogP contribution in [0.1, 0.15) is 5.82 Å². The predicted octanol–water partition coefficient (Wildman–Crippen LogP) is 1.84. The van der Waals surface area contributed by atoms with Crippen LogP contribution < -0.4 is 15.8 Å². The first-order valence-corrected chi connectivity index (χ1v) is 6.41. The van der Waals surface area contributed by atoms with Crippen LogP contribution in [-0.2, 0) is 11.3 Å². The Balaban J connectivity index is 1.86. The molecule has 0 unspecified atom stereocenters. The molecule has 3 N–H and O–H groups in total. The number of rotatable bonds is 7. The Hall–Kier alpha value is -2.41. The van der Waals surface area contributed by atoms with E-state index in [0.717, 1.165) is 17.6 Å². The smallest absolute Gasteiger partial charge is 0.183 e. The van der Waals surface area contributed by atoms with Gasteiger partial charge in [0.1, 0.15) is 18.2 Å². The summed E-state index contributed by atoms with van der Waals surface area (Å²) >= 11 is 0. The number of methoxy groups -OCH3 is 1. The van der Waals surface area contributed by atoms with Crippen molar-refractivity contribution in [3.05, 3.63) is 42.1 Å². The van der Waals surface area contributed by atoms with E-state index in [1.807, 2.05) is 24.3 Å². The first kappa shape index (κ1) is 15.0. The van der Waals surface area contributed by atoms with Gasteiger partial charge in [0.05, 0.1) is 19.3 Å². The summed E-state index contributed by atoms with van der Waals surface area (Å²) in [6.07, 6.45) is 1.06. The summed E-state index contributed by atoms with van der Waals surface area (Å²) in [5.74, 6) is 0.425. The van der Waals surface area contributed by atoms with E-state index in [2.05, 4.69) is 15.3 Å². The minimum Gasteiger partial charge on any atom is -0.491 e. The van der Waals surface area contributed by atoms with Crippen molar-refractivity contribution in [2.75, 3.05) is 31.4 Å². The van der Waals surface area contributed by atoms with E-state index < -0.39 is 5.82 Å². The summed E-state index contributed by atoms with van der Waals surface area (Å²) in [5.41, 5.74) is 6.26. The highest BCUT2D eigenvalue weighted by Crippen LogP contribution is 2.16. The van der Waals surface area contributed by atoms with Crippen LogP contribution in [0.4, 0.5) is 15.9 Å². The molecule has 0 bridgehead atoms. The fourth-order valence-electron chi connectivity index (χ4n) is 1.60. The summed E-state index contributed by atoms with van der Waals surface area (Å²) in [6.45, 7) is 1.41. The molecule has 0 saturated carbocycles. The normalized spacial score (nSPS) is 10.4. The van der Waals surface area contributed by atoms with Gasteiger partial charge < -0.3 is 20.5 Å². The van der Waals surface area contributed by atoms with Gasteiger partial charge in [0.2, 0.25) is 0 Å². The topological polar surface area (TPSA) is 82.3 Å². The van der Waals surface area contributed by atoms with Gasteiger partial charge >= 0.3 is 0 Å². The number of hydrogen-bond acceptors (Lipinski definition) is 6. The first-order valence-electron chi connectivity index (χ1n) is 6.41. The van der Waals surface area contributed by atoms with E-state index in [9.17, 15) is 4.39 Å². The van der Waals surface area contributed by atoms with Crippen molar-refractivity contribution in [1.82, 2.24) is 9.97 Å². The summed E-state index contributed by atoms with van der Waals surface area (Å²) in [5, 5.41) is 3.12. The molecule has 1 heterocycles. The fourth-order valence-corrected chi connectivity index (χ4v) is 1.60. The Morgan fingerprint density at radius 3 is 2.67 bits per heavy atom. The SMILES string of the molecule is COCCOc1ccc(NCc2ncc(F)c(N)n2)cc1. The predicted molar refractivity (Wildman–Crippen MR) is 77.5 cm³/mol. The third-order valence-corrected chi connectivity index (χ3v) is 2.68. The second kappa shape index (κ2) is 7.39. The largest absolute Gasteiger partial charge is 0.491 e. The number of hydrogen-bond donors (Lipinski definition) is 2. The average molecular weight is 292 g/mol. The van der Waals surface area contributed by atoms with Crippen molar-refractivity contribution in [2.24, 2.45) is 0 Å². The Morgan fingerprint density at radius 1 is 1.24 bits per heavy atom. The molecular weight excluding hydrogens is 275 g/mol. The molecule has 0 spiro atoms. The van der Waals surface area contributed by atoms with Crippen LogP contribution in [0, 0.1) is 5.82 Å². The van der Waals surface area contributed by atoms with E-state index in [4.69, 9.17) is 15.2 Å². The van der Waals surface area contributed by atoms with Crippen LogP contribution in [0.5, 0.6) is 5.75 Å². The van der Waals surface area contributed by atoms with Crippen LogP contribution in [0.3, 0.4) is 0 Å². The van der Waals surface area contributed by atoms with Gasteiger partial charge in [0.15, 0.2) is 11.6 Å². The van der Waals surface area contributed by atoms with Gasteiger partial charge in [-0.2, -0.15) is 0 Å². The van der Waals surface area contributed by atoms with Crippen molar-refractivity contribution in [1.29, 1.82) is 0 Å². The van der Waals surface area contributed by atoms with E-state index >= 15 is 0 Å². The van der Waals surface area contributed by atoms with Crippen molar-refractivity contribution in [3.8, 4) is 5.75 Å². The van der Waals surface area contributed by atoms with Gasteiger partial charge in [0.25, 0.3) is 0 Å². The Morgan fingerprint density at radius 2 is 2.00 bits per heavy atom. The molecule has 0 aliphatic heterocycles. The van der Waals surface area contributed by atoms with Crippen molar-refractivity contribution < 1.29 is 13.9 Å². The molecule has 2 aromatic rings. The lowest BCUT2D eigenvalue weighted by Gasteiger charge is -2.08. The maximum Gasteiger partial charge on any atom is 0.183 e. The summed E-state index contributed by atoms with van der Waals surface area (Å²) in [6, 6.07) is 7.43. The highest BCUT2D eigenvalue weighted by molar-refractivity contribution is 5.46. The molecule has 0 atom stereocenters. The third-order valence-electron chi connectivity index (χ3n) is 2.68. The van der Waals surface area contributed by atoms with Gasteiger partial charge in [-0.3, -0.25) is 0 Å². The van der Waals surface area contributed by atoms with E-state index in [1.54, 1.807) is 7.11 Å². The number of nitrogens with one attached hydrogen (secondary N) is 1. The lowest BCUT2D eigenvalue weighted by molar-refractivity contribution is 0.146. The highest BCUT2D eigenvalue weighted by Gasteiger charge is 2.03. The van der Waals surface area contributed by atoms with E-state index in [0.29, 0.717) is 25.6 Å². The summed E-state index contributed by atoms with van der Waals surface area (Å²) in [4.78, 5) is 7.70. The molecule has 0 radical (unpaired) electrons. The fraction of sp³-hybridized carbons (Fsp3) is 0.286. The van der Waals surface area contributed by atoms with Crippen molar-refractivity contribution >= 4 is 11.5 Å². The Kier molecular flexibility index (Phi) is 5.28. The van der Waals surface area contributed by atoms with Crippen LogP contribution in [0.2, 0.25) is 0 Å². The molecular formula is C14H17FN4O2. The number of benzene rings is 1. The zero-order chi connectivity index (χ0) is 15.1. The van der Waals surface area contributed by atoms with E-state index in [-0.39, 0.29) is 5.82 Å². The lowest BCUT2D eigenvalue weighted by Crippen LogP contribution is -2.07. The van der Waals surface area contributed by atoms with Gasteiger partial charge in [-0.05, 0) is 24.3 Å². The molecule has 1 aromatic heterocycles. The van der Waals surface area contributed by atoms with E-state index in [1.165, 1.54) is 0 Å². The molecule has 0 aliphatic rings. The molecule has 0 aliphatic carbocycles. The molecule has 2 rings (SSSR count). The number of halogens is 1. The number of ether oxygens (including phenoxy) is 2. The summed E-state index contributed by atoms with van der Waals surface area (Å²) < 4.78 is 23.3.